The normalized spacial score (nSPS) is 15.6. The Morgan fingerprint density at radius 3 is 2.69 bits per heavy atom. The number of ether oxygens (including phenoxy) is 2. The highest BCUT2D eigenvalue weighted by Gasteiger charge is 2.21. The van der Waals surface area contributed by atoms with Gasteiger partial charge in [0.1, 0.15) is 17.9 Å². The third-order valence-corrected chi connectivity index (χ3v) is 2.69. The van der Waals surface area contributed by atoms with Gasteiger partial charge in [-0.25, -0.2) is 0 Å². The predicted octanol–water partition coefficient (Wildman–Crippen LogP) is 2.46. The van der Waals surface area contributed by atoms with Crippen LogP contribution in [0.2, 0.25) is 0 Å². The summed E-state index contributed by atoms with van der Waals surface area (Å²) in [6.45, 7) is 5.46. The Labute approximate surface area is 95.6 Å². The van der Waals surface area contributed by atoms with Crippen molar-refractivity contribution >= 4 is 0 Å². The molecule has 0 saturated carbocycles. The van der Waals surface area contributed by atoms with E-state index in [1.807, 2.05) is 18.2 Å². The number of hydrogen-bond donors (Lipinski definition) is 0. The van der Waals surface area contributed by atoms with E-state index < -0.39 is 0 Å². The van der Waals surface area contributed by atoms with Gasteiger partial charge >= 0.3 is 0 Å². The van der Waals surface area contributed by atoms with Crippen molar-refractivity contribution in [1.29, 1.82) is 5.26 Å². The van der Waals surface area contributed by atoms with E-state index in [4.69, 9.17) is 14.7 Å². The maximum Gasteiger partial charge on any atom is 0.145 e. The second-order valence-electron chi connectivity index (χ2n) is 4.30. The minimum Gasteiger partial charge on any atom is -0.484 e. The fourth-order valence-electron chi connectivity index (χ4n) is 1.56. The summed E-state index contributed by atoms with van der Waals surface area (Å²) >= 11 is 0. The molecule has 0 aliphatic carbocycles. The Bertz CT molecular complexity index is 416. The number of rotatable bonds is 3. The van der Waals surface area contributed by atoms with E-state index in [9.17, 15) is 0 Å². The molecule has 1 aromatic rings. The minimum atomic E-state index is 0.108. The van der Waals surface area contributed by atoms with E-state index in [0.717, 1.165) is 5.56 Å². The largest absolute Gasteiger partial charge is 0.484 e. The maximum atomic E-state index is 9.07. The van der Waals surface area contributed by atoms with Gasteiger partial charge < -0.3 is 9.47 Å². The molecular weight excluding hydrogens is 202 g/mol. The highest BCUT2D eigenvalue weighted by molar-refractivity contribution is 5.46. The number of nitriles is 1. The van der Waals surface area contributed by atoms with E-state index in [2.05, 4.69) is 19.9 Å². The van der Waals surface area contributed by atoms with E-state index in [-0.39, 0.29) is 6.10 Å². The molecule has 0 atom stereocenters. The molecule has 1 aliphatic rings. The lowest BCUT2D eigenvalue weighted by Crippen LogP contribution is -2.38. The summed E-state index contributed by atoms with van der Waals surface area (Å²) in [5.41, 5.74) is 1.77. The van der Waals surface area contributed by atoms with Crippen molar-refractivity contribution < 1.29 is 9.47 Å². The molecule has 84 valence electrons. The summed E-state index contributed by atoms with van der Waals surface area (Å²) in [5.74, 6) is 1.09. The van der Waals surface area contributed by atoms with Crippen LogP contribution in [-0.2, 0) is 4.74 Å². The zero-order valence-electron chi connectivity index (χ0n) is 9.56. The Morgan fingerprint density at radius 2 is 2.19 bits per heavy atom. The first-order valence-corrected chi connectivity index (χ1v) is 5.49. The van der Waals surface area contributed by atoms with Crippen molar-refractivity contribution in [2.24, 2.45) is 0 Å². The van der Waals surface area contributed by atoms with E-state index in [1.54, 1.807) is 0 Å². The molecule has 0 amide bonds. The summed E-state index contributed by atoms with van der Waals surface area (Å²) < 4.78 is 10.7. The highest BCUT2D eigenvalue weighted by atomic mass is 16.6. The molecule has 1 fully saturated rings. The maximum absolute atomic E-state index is 9.07. The monoisotopic (exact) mass is 217 g/mol. The van der Waals surface area contributed by atoms with Crippen molar-refractivity contribution in [2.45, 2.75) is 25.9 Å². The third-order valence-electron chi connectivity index (χ3n) is 2.69. The third kappa shape index (κ3) is 2.17. The van der Waals surface area contributed by atoms with Crippen molar-refractivity contribution in [2.75, 3.05) is 13.2 Å². The smallest absolute Gasteiger partial charge is 0.145 e. The Balaban J connectivity index is 2.21. The lowest BCUT2D eigenvalue weighted by atomic mass is 10.0. The van der Waals surface area contributed by atoms with Crippen molar-refractivity contribution in [3.63, 3.8) is 0 Å². The molecule has 3 heteroatoms. The Morgan fingerprint density at radius 1 is 1.44 bits per heavy atom. The van der Waals surface area contributed by atoms with Gasteiger partial charge in [-0.3, -0.25) is 0 Å². The van der Waals surface area contributed by atoms with Crippen LogP contribution in [0.25, 0.3) is 0 Å². The molecule has 1 aromatic carbocycles. The number of nitrogens with zero attached hydrogens (tertiary/aromatic N) is 1. The molecule has 0 aromatic heterocycles. The molecule has 16 heavy (non-hydrogen) atoms. The van der Waals surface area contributed by atoms with Gasteiger partial charge in [-0.05, 0) is 23.6 Å². The molecule has 1 saturated heterocycles. The van der Waals surface area contributed by atoms with Gasteiger partial charge in [0.2, 0.25) is 0 Å². The average molecular weight is 217 g/mol. The molecule has 0 radical (unpaired) electrons. The second-order valence-corrected chi connectivity index (χ2v) is 4.30. The average Bonchev–Trinajstić information content (AvgIpc) is 2.23. The first-order valence-electron chi connectivity index (χ1n) is 5.49. The van der Waals surface area contributed by atoms with Crippen LogP contribution in [0.5, 0.6) is 5.75 Å². The molecule has 1 heterocycles. The quantitative estimate of drug-likeness (QED) is 0.781. The predicted molar refractivity (Wildman–Crippen MR) is 60.5 cm³/mol. The molecule has 0 N–H and O–H groups in total. The zero-order chi connectivity index (χ0) is 11.5. The molecule has 0 spiro atoms. The molecule has 0 unspecified atom stereocenters. The van der Waals surface area contributed by atoms with Crippen LogP contribution in [0.1, 0.15) is 30.9 Å². The van der Waals surface area contributed by atoms with E-state index >= 15 is 0 Å². The second kappa shape index (κ2) is 4.54. The Hall–Kier alpha value is -1.53. The summed E-state index contributed by atoms with van der Waals surface area (Å²) in [7, 11) is 0. The molecule has 0 bridgehead atoms. The minimum absolute atomic E-state index is 0.108. The molecular formula is C13H15NO2. The number of benzene rings is 1. The first-order chi connectivity index (χ1) is 7.70. The standard InChI is InChI=1S/C13H15NO2/c1-9(2)10-3-4-13(11(5-10)6-14)16-12-7-15-8-12/h3-5,9,12H,7-8H2,1-2H3. The van der Waals surface area contributed by atoms with Crippen LogP contribution in [0.4, 0.5) is 0 Å². The van der Waals surface area contributed by atoms with Gasteiger partial charge in [0.15, 0.2) is 0 Å². The van der Waals surface area contributed by atoms with Crippen LogP contribution < -0.4 is 4.74 Å². The number of hydrogen-bond acceptors (Lipinski definition) is 3. The highest BCUT2D eigenvalue weighted by Crippen LogP contribution is 2.25. The SMILES string of the molecule is CC(C)c1ccc(OC2COC2)c(C#N)c1. The van der Waals surface area contributed by atoms with E-state index in [0.29, 0.717) is 30.4 Å². The molecule has 2 rings (SSSR count). The van der Waals surface area contributed by atoms with Gasteiger partial charge in [0, 0.05) is 0 Å². The summed E-state index contributed by atoms with van der Waals surface area (Å²) in [5, 5.41) is 9.07. The summed E-state index contributed by atoms with van der Waals surface area (Å²) in [6.07, 6.45) is 0.108. The van der Waals surface area contributed by atoms with Gasteiger partial charge in [-0.1, -0.05) is 19.9 Å². The van der Waals surface area contributed by atoms with Crippen LogP contribution in [0.3, 0.4) is 0 Å². The van der Waals surface area contributed by atoms with Gasteiger partial charge in [-0.2, -0.15) is 5.26 Å². The fraction of sp³-hybridized carbons (Fsp3) is 0.462. The summed E-state index contributed by atoms with van der Waals surface area (Å²) in [6, 6.07) is 7.98. The first kappa shape index (κ1) is 11.0. The van der Waals surface area contributed by atoms with Gasteiger partial charge in [0.25, 0.3) is 0 Å². The summed E-state index contributed by atoms with van der Waals surface area (Å²) in [4.78, 5) is 0. The van der Waals surface area contributed by atoms with Crippen LogP contribution in [0.15, 0.2) is 18.2 Å². The zero-order valence-corrected chi connectivity index (χ0v) is 9.56. The van der Waals surface area contributed by atoms with E-state index in [1.165, 1.54) is 0 Å². The topological polar surface area (TPSA) is 42.2 Å². The fourth-order valence-corrected chi connectivity index (χ4v) is 1.56. The van der Waals surface area contributed by atoms with Crippen LogP contribution >= 0.6 is 0 Å². The lowest BCUT2D eigenvalue weighted by molar-refractivity contribution is -0.0797. The molecule has 1 aliphatic heterocycles. The van der Waals surface area contributed by atoms with Gasteiger partial charge in [-0.15, -0.1) is 0 Å². The Kier molecular flexibility index (Phi) is 3.12. The van der Waals surface area contributed by atoms with Crippen molar-refractivity contribution in [1.82, 2.24) is 0 Å². The van der Waals surface area contributed by atoms with Crippen molar-refractivity contribution in [3.05, 3.63) is 29.3 Å². The van der Waals surface area contributed by atoms with Crippen molar-refractivity contribution in [3.8, 4) is 11.8 Å². The van der Waals surface area contributed by atoms with Crippen LogP contribution in [-0.4, -0.2) is 19.3 Å². The van der Waals surface area contributed by atoms with Crippen LogP contribution in [0, 0.1) is 11.3 Å². The lowest BCUT2D eigenvalue weighted by Gasteiger charge is -2.27. The molecule has 3 nitrogen and oxygen atoms in total. The van der Waals surface area contributed by atoms with Gasteiger partial charge in [0.05, 0.1) is 18.8 Å².